The second-order valence-corrected chi connectivity index (χ2v) is 5.41. The van der Waals surface area contributed by atoms with Gasteiger partial charge in [-0.05, 0) is 42.3 Å². The summed E-state index contributed by atoms with van der Waals surface area (Å²) in [7, 11) is 1.31. The van der Waals surface area contributed by atoms with Crippen molar-refractivity contribution in [3.63, 3.8) is 0 Å². The summed E-state index contributed by atoms with van der Waals surface area (Å²) < 4.78 is 41.0. The van der Waals surface area contributed by atoms with Gasteiger partial charge in [0.1, 0.15) is 0 Å². The van der Waals surface area contributed by atoms with Crippen molar-refractivity contribution in [1.29, 1.82) is 0 Å². The summed E-state index contributed by atoms with van der Waals surface area (Å²) in [6, 6.07) is 5.84. The molecular formula is C13H16F3NO2S. The Morgan fingerprint density at radius 3 is 2.45 bits per heavy atom. The van der Waals surface area contributed by atoms with Crippen LogP contribution in [0.1, 0.15) is 18.4 Å². The number of esters is 1. The number of benzene rings is 1. The molecular weight excluding hydrogens is 291 g/mol. The molecule has 0 saturated heterocycles. The molecule has 20 heavy (non-hydrogen) atoms. The van der Waals surface area contributed by atoms with E-state index in [1.54, 1.807) is 12.1 Å². The van der Waals surface area contributed by atoms with E-state index < -0.39 is 5.51 Å². The number of carbonyl (C=O) groups excluding carboxylic acids is 1. The normalized spacial score (nSPS) is 13.1. The smallest absolute Gasteiger partial charge is 0.446 e. The predicted molar refractivity (Wildman–Crippen MR) is 71.3 cm³/mol. The van der Waals surface area contributed by atoms with Gasteiger partial charge in [-0.15, -0.1) is 0 Å². The highest BCUT2D eigenvalue weighted by Crippen LogP contribution is 2.36. The number of alkyl halides is 3. The van der Waals surface area contributed by atoms with Crippen LogP contribution in [0.2, 0.25) is 0 Å². The molecule has 1 atom stereocenters. The van der Waals surface area contributed by atoms with E-state index in [2.05, 4.69) is 4.74 Å². The first-order valence-electron chi connectivity index (χ1n) is 5.97. The molecule has 0 bridgehead atoms. The number of carbonyl (C=O) groups is 1. The lowest BCUT2D eigenvalue weighted by atomic mass is 10.0. The highest BCUT2D eigenvalue weighted by molar-refractivity contribution is 8.00. The van der Waals surface area contributed by atoms with Crippen LogP contribution in [-0.4, -0.2) is 24.6 Å². The number of nitrogens with two attached hydrogens (primary N) is 1. The van der Waals surface area contributed by atoms with E-state index >= 15 is 0 Å². The largest absolute Gasteiger partial charge is 0.469 e. The zero-order valence-corrected chi connectivity index (χ0v) is 11.8. The lowest BCUT2D eigenvalue weighted by Crippen LogP contribution is -2.24. The van der Waals surface area contributed by atoms with Crippen LogP contribution in [0.4, 0.5) is 13.2 Å². The first-order valence-corrected chi connectivity index (χ1v) is 6.79. The molecule has 1 aromatic rings. The summed E-state index contributed by atoms with van der Waals surface area (Å²) in [6.45, 7) is 0. The third-order valence-corrected chi connectivity index (χ3v) is 3.34. The van der Waals surface area contributed by atoms with Crippen LogP contribution in [0.15, 0.2) is 29.2 Å². The fourth-order valence-corrected chi connectivity index (χ4v) is 2.18. The quantitative estimate of drug-likeness (QED) is 0.648. The minimum Gasteiger partial charge on any atom is -0.469 e. The molecule has 0 fully saturated rings. The number of rotatable bonds is 6. The highest BCUT2D eigenvalue weighted by Gasteiger charge is 2.28. The molecule has 3 nitrogen and oxygen atoms in total. The second-order valence-electron chi connectivity index (χ2n) is 4.27. The molecule has 0 aliphatic rings. The van der Waals surface area contributed by atoms with Crippen LogP contribution < -0.4 is 5.73 Å². The van der Waals surface area contributed by atoms with Crippen LogP contribution in [-0.2, 0) is 16.0 Å². The van der Waals surface area contributed by atoms with Crippen LogP contribution in [0.5, 0.6) is 0 Å². The number of hydrogen-bond acceptors (Lipinski definition) is 4. The van der Waals surface area contributed by atoms with E-state index in [4.69, 9.17) is 5.73 Å². The van der Waals surface area contributed by atoms with Crippen LogP contribution in [0.25, 0.3) is 0 Å². The Bertz CT molecular complexity index is 434. The molecule has 112 valence electrons. The fourth-order valence-electron chi connectivity index (χ4n) is 1.64. The molecule has 0 amide bonds. The average Bonchev–Trinajstić information content (AvgIpc) is 2.36. The van der Waals surface area contributed by atoms with Gasteiger partial charge in [0, 0.05) is 17.4 Å². The van der Waals surface area contributed by atoms with Gasteiger partial charge < -0.3 is 10.5 Å². The summed E-state index contributed by atoms with van der Waals surface area (Å²) in [5.41, 5.74) is 2.42. The minimum absolute atomic E-state index is 0.143. The molecule has 0 spiro atoms. The van der Waals surface area contributed by atoms with E-state index in [1.807, 2.05) is 0 Å². The van der Waals surface area contributed by atoms with Crippen molar-refractivity contribution in [2.45, 2.75) is 35.7 Å². The zero-order chi connectivity index (χ0) is 15.2. The second kappa shape index (κ2) is 7.54. The Morgan fingerprint density at radius 1 is 1.35 bits per heavy atom. The Labute approximate surface area is 119 Å². The maximum absolute atomic E-state index is 12.2. The van der Waals surface area contributed by atoms with E-state index in [0.29, 0.717) is 12.8 Å². The fraction of sp³-hybridized carbons (Fsp3) is 0.462. The Morgan fingerprint density at radius 2 is 1.95 bits per heavy atom. The highest BCUT2D eigenvalue weighted by atomic mass is 32.2. The number of thioether (sulfide) groups is 1. The third-order valence-electron chi connectivity index (χ3n) is 2.60. The number of halogens is 3. The summed E-state index contributed by atoms with van der Waals surface area (Å²) >= 11 is -0.147. The van der Waals surface area contributed by atoms with Gasteiger partial charge in [-0.1, -0.05) is 12.1 Å². The molecule has 0 radical (unpaired) electrons. The van der Waals surface area contributed by atoms with Crippen LogP contribution in [0.3, 0.4) is 0 Å². The van der Waals surface area contributed by atoms with Crippen molar-refractivity contribution in [3.8, 4) is 0 Å². The van der Waals surface area contributed by atoms with E-state index in [0.717, 1.165) is 5.56 Å². The summed E-state index contributed by atoms with van der Waals surface area (Å²) in [5.74, 6) is -0.322. The first kappa shape index (κ1) is 16.8. The van der Waals surface area contributed by atoms with Gasteiger partial charge in [-0.2, -0.15) is 13.2 Å². The number of methoxy groups -OCH3 is 1. The van der Waals surface area contributed by atoms with Crippen molar-refractivity contribution in [1.82, 2.24) is 0 Å². The van der Waals surface area contributed by atoms with E-state index in [1.165, 1.54) is 19.2 Å². The lowest BCUT2D eigenvalue weighted by molar-refractivity contribution is -0.140. The zero-order valence-electron chi connectivity index (χ0n) is 10.9. The van der Waals surface area contributed by atoms with Crippen LogP contribution >= 0.6 is 11.8 Å². The molecule has 2 N–H and O–H groups in total. The summed E-state index contributed by atoms with van der Waals surface area (Å²) in [6.07, 6.45) is 1.22. The van der Waals surface area contributed by atoms with Crippen molar-refractivity contribution in [3.05, 3.63) is 29.8 Å². The molecule has 0 aliphatic carbocycles. The lowest BCUT2D eigenvalue weighted by Gasteiger charge is -2.11. The SMILES string of the molecule is COC(=O)CCC(N)Cc1ccc(SC(F)(F)F)cc1. The molecule has 1 unspecified atom stereocenters. The molecule has 0 heterocycles. The Hall–Kier alpha value is -1.21. The molecule has 7 heteroatoms. The van der Waals surface area contributed by atoms with Gasteiger partial charge in [0.25, 0.3) is 0 Å². The molecule has 0 saturated carbocycles. The molecule has 0 aromatic heterocycles. The van der Waals surface area contributed by atoms with Gasteiger partial charge in [0.15, 0.2) is 0 Å². The summed E-state index contributed by atoms with van der Waals surface area (Å²) in [5, 5.41) is 0. The minimum atomic E-state index is -4.28. The van der Waals surface area contributed by atoms with Gasteiger partial charge in [0.2, 0.25) is 0 Å². The van der Waals surface area contributed by atoms with Crippen molar-refractivity contribution < 1.29 is 22.7 Å². The standard InChI is InChI=1S/C13H16F3NO2S/c1-19-12(18)7-4-10(17)8-9-2-5-11(6-3-9)20-13(14,15)16/h2-3,5-6,10H,4,7-8,17H2,1H3. The summed E-state index contributed by atoms with van der Waals surface area (Å²) in [4.78, 5) is 11.1. The average molecular weight is 307 g/mol. The van der Waals surface area contributed by atoms with Gasteiger partial charge in [0.05, 0.1) is 7.11 Å². The topological polar surface area (TPSA) is 52.3 Å². The first-order chi connectivity index (χ1) is 9.30. The molecule has 1 rings (SSSR count). The maximum Gasteiger partial charge on any atom is 0.446 e. The van der Waals surface area contributed by atoms with Crippen molar-refractivity contribution >= 4 is 17.7 Å². The third kappa shape index (κ3) is 6.81. The van der Waals surface area contributed by atoms with Crippen molar-refractivity contribution in [2.75, 3.05) is 7.11 Å². The Balaban J connectivity index is 2.46. The van der Waals surface area contributed by atoms with Gasteiger partial charge in [-0.3, -0.25) is 4.79 Å². The van der Waals surface area contributed by atoms with E-state index in [-0.39, 0.29) is 35.1 Å². The molecule has 1 aromatic carbocycles. The van der Waals surface area contributed by atoms with E-state index in [9.17, 15) is 18.0 Å². The predicted octanol–water partition coefficient (Wildman–Crippen LogP) is 3.12. The molecule has 0 aliphatic heterocycles. The number of ether oxygens (including phenoxy) is 1. The monoisotopic (exact) mass is 307 g/mol. The number of hydrogen-bond donors (Lipinski definition) is 1. The maximum atomic E-state index is 12.2. The van der Waals surface area contributed by atoms with Gasteiger partial charge >= 0.3 is 11.5 Å². The van der Waals surface area contributed by atoms with Crippen LogP contribution in [0, 0.1) is 0 Å². The van der Waals surface area contributed by atoms with Crippen molar-refractivity contribution in [2.24, 2.45) is 5.73 Å². The Kier molecular flexibility index (Phi) is 6.35. The van der Waals surface area contributed by atoms with Gasteiger partial charge in [-0.25, -0.2) is 0 Å².